The quantitative estimate of drug-likeness (QED) is 0.209. The fraction of sp³-hybridized carbons (Fsp3) is 0.353. The van der Waals surface area contributed by atoms with Crippen LogP contribution in [-0.4, -0.2) is 34.2 Å². The van der Waals surface area contributed by atoms with E-state index in [2.05, 4.69) is 15.0 Å². The van der Waals surface area contributed by atoms with Crippen molar-refractivity contribution in [3.63, 3.8) is 0 Å². The van der Waals surface area contributed by atoms with E-state index in [0.29, 0.717) is 11.3 Å². The number of anilines is 2. The number of fused-ring (bicyclic) bond motifs is 1. The van der Waals surface area contributed by atoms with Gasteiger partial charge in [-0.15, -0.1) is 0 Å². The average Bonchev–Trinajstić information content (AvgIpc) is 3.70. The minimum Gasteiger partial charge on any atom is -0.395 e. The van der Waals surface area contributed by atoms with Gasteiger partial charge >= 0.3 is 0 Å². The van der Waals surface area contributed by atoms with Crippen LogP contribution in [0.3, 0.4) is 0 Å². The van der Waals surface area contributed by atoms with Crippen LogP contribution in [-0.2, 0) is 4.79 Å². The number of nitrogen functional groups attached to an aromatic ring is 1. The molecular weight excluding hydrogens is 577 g/mol. The largest absolute Gasteiger partial charge is 0.395 e. The highest BCUT2D eigenvalue weighted by atomic mass is 32.1. The van der Waals surface area contributed by atoms with Crippen LogP contribution in [0.5, 0.6) is 0 Å². The fourth-order valence-corrected chi connectivity index (χ4v) is 7.16. The number of hydrogen-bond donors (Lipinski definition) is 3. The lowest BCUT2D eigenvalue weighted by atomic mass is 9.95. The van der Waals surface area contributed by atoms with E-state index in [1.807, 2.05) is 36.4 Å². The molecule has 44 heavy (non-hydrogen) atoms. The number of carbonyl (C=O) groups excluding carboxylic acids is 3. The summed E-state index contributed by atoms with van der Waals surface area (Å²) in [5.41, 5.74) is 7.42. The highest BCUT2D eigenvalue weighted by Crippen LogP contribution is 2.37. The summed E-state index contributed by atoms with van der Waals surface area (Å²) in [5, 5.41) is 7.80. The number of amides is 3. The Balaban J connectivity index is 1.44. The van der Waals surface area contributed by atoms with Crippen molar-refractivity contribution in [1.29, 1.82) is 0 Å². The summed E-state index contributed by atoms with van der Waals surface area (Å²) in [7, 11) is 0. The summed E-state index contributed by atoms with van der Waals surface area (Å²) in [6.07, 6.45) is 8.78. The summed E-state index contributed by atoms with van der Waals surface area (Å²) in [6, 6.07) is 17.6. The lowest BCUT2D eigenvalue weighted by Gasteiger charge is -2.33. The molecule has 2 fully saturated rings. The van der Waals surface area contributed by atoms with Gasteiger partial charge in [-0.05, 0) is 66.4 Å². The van der Waals surface area contributed by atoms with E-state index in [4.69, 9.17) is 5.73 Å². The molecule has 0 bridgehead atoms. The van der Waals surface area contributed by atoms with Gasteiger partial charge in [0.25, 0.3) is 11.8 Å². The van der Waals surface area contributed by atoms with Gasteiger partial charge in [-0.2, -0.15) is 4.37 Å². The molecule has 0 unspecified atom stereocenters. The number of hydrogen-bond acceptors (Lipinski definition) is 6. The molecule has 0 radical (unpaired) electrons. The Hall–Kier alpha value is -4.31. The number of rotatable bonds is 8. The Morgan fingerprint density at radius 2 is 1.48 bits per heavy atom. The first-order chi connectivity index (χ1) is 21.4. The fourth-order valence-electron chi connectivity index (χ4n) is 6.42. The molecule has 0 spiro atoms. The molecule has 0 aliphatic heterocycles. The summed E-state index contributed by atoms with van der Waals surface area (Å²) in [4.78, 5) is 43.6. The van der Waals surface area contributed by atoms with E-state index in [9.17, 15) is 18.8 Å². The second-order valence-corrected chi connectivity index (χ2v) is 12.5. The zero-order valence-corrected chi connectivity index (χ0v) is 25.2. The number of halogens is 1. The molecule has 228 valence electrons. The molecule has 4 aromatic rings. The van der Waals surface area contributed by atoms with Crippen LogP contribution in [0.25, 0.3) is 10.8 Å². The maximum absolute atomic E-state index is 14.7. The molecule has 4 N–H and O–H groups in total. The van der Waals surface area contributed by atoms with Gasteiger partial charge in [-0.25, -0.2) is 4.39 Å². The predicted octanol–water partition coefficient (Wildman–Crippen LogP) is 6.53. The first-order valence-electron chi connectivity index (χ1n) is 15.3. The molecule has 8 nitrogen and oxygen atoms in total. The van der Waals surface area contributed by atoms with Crippen molar-refractivity contribution >= 4 is 51.4 Å². The number of carbonyl (C=O) groups is 3. The van der Waals surface area contributed by atoms with Crippen molar-refractivity contribution in [2.24, 2.45) is 0 Å². The Morgan fingerprint density at radius 3 is 2.20 bits per heavy atom. The van der Waals surface area contributed by atoms with Gasteiger partial charge in [0, 0.05) is 17.5 Å². The molecule has 3 aromatic carbocycles. The minimum absolute atomic E-state index is 0.00975. The third-order valence-electron chi connectivity index (χ3n) is 8.72. The molecule has 2 aliphatic carbocycles. The summed E-state index contributed by atoms with van der Waals surface area (Å²) >= 11 is 0.844. The van der Waals surface area contributed by atoms with Crippen LogP contribution in [0, 0.1) is 5.82 Å². The van der Waals surface area contributed by atoms with Crippen LogP contribution in [0.2, 0.25) is 0 Å². The third-order valence-corrected chi connectivity index (χ3v) is 9.57. The van der Waals surface area contributed by atoms with Gasteiger partial charge in [0.05, 0.1) is 11.4 Å². The zero-order chi connectivity index (χ0) is 30.6. The number of aromatic nitrogens is 1. The number of nitrogens with two attached hydrogens (primary N) is 1. The van der Waals surface area contributed by atoms with Gasteiger partial charge in [0.1, 0.15) is 16.7 Å². The maximum Gasteiger partial charge on any atom is 0.273 e. The van der Waals surface area contributed by atoms with E-state index in [-0.39, 0.29) is 34.2 Å². The smallest absolute Gasteiger partial charge is 0.273 e. The minimum atomic E-state index is -1.14. The Bertz CT molecular complexity index is 1660. The number of nitrogens with one attached hydrogen (secondary N) is 2. The zero-order valence-electron chi connectivity index (χ0n) is 24.4. The lowest BCUT2D eigenvalue weighted by Crippen LogP contribution is -2.46. The number of nitrogens with zero attached hydrogens (tertiary/aromatic N) is 2. The predicted molar refractivity (Wildman–Crippen MR) is 171 cm³/mol. The maximum atomic E-state index is 14.7. The Labute approximate surface area is 260 Å². The highest BCUT2D eigenvalue weighted by molar-refractivity contribution is 7.09. The first-order valence-corrected chi connectivity index (χ1v) is 16.1. The molecule has 2 saturated carbocycles. The van der Waals surface area contributed by atoms with Crippen molar-refractivity contribution in [3.8, 4) is 0 Å². The molecule has 2 aliphatic rings. The monoisotopic (exact) mass is 613 g/mol. The average molecular weight is 614 g/mol. The summed E-state index contributed by atoms with van der Waals surface area (Å²) < 4.78 is 18.4. The molecule has 1 heterocycles. The Kier molecular flexibility index (Phi) is 8.88. The molecule has 1 atom stereocenters. The molecule has 6 rings (SSSR count). The van der Waals surface area contributed by atoms with Crippen LogP contribution in [0.1, 0.15) is 89.6 Å². The van der Waals surface area contributed by atoms with E-state index in [1.54, 1.807) is 6.07 Å². The highest BCUT2D eigenvalue weighted by Gasteiger charge is 2.38. The summed E-state index contributed by atoms with van der Waals surface area (Å²) in [6.45, 7) is 0. The Morgan fingerprint density at radius 1 is 0.841 bits per heavy atom. The lowest BCUT2D eigenvalue weighted by molar-refractivity contribution is -0.123. The molecule has 1 aromatic heterocycles. The van der Waals surface area contributed by atoms with Crippen LogP contribution < -0.4 is 21.3 Å². The third kappa shape index (κ3) is 6.17. The first kappa shape index (κ1) is 29.7. The van der Waals surface area contributed by atoms with Gasteiger partial charge in [0.15, 0.2) is 5.69 Å². The van der Waals surface area contributed by atoms with Gasteiger partial charge in [-0.3, -0.25) is 19.3 Å². The second kappa shape index (κ2) is 13.1. The molecular formula is C34H36FN5O3S. The van der Waals surface area contributed by atoms with Gasteiger partial charge in [-0.1, -0.05) is 80.6 Å². The van der Waals surface area contributed by atoms with Crippen molar-refractivity contribution in [2.75, 3.05) is 10.6 Å². The van der Waals surface area contributed by atoms with Crippen LogP contribution in [0.4, 0.5) is 15.8 Å². The SMILES string of the molecule is Nc1c(C(=O)NC2CCCCC2)nsc1C(=O)N(c1cccc2ccccc12)[C@H](C(=O)NC1CCCC1)c1ccc(F)cc1. The van der Waals surface area contributed by atoms with E-state index < -0.39 is 23.7 Å². The van der Waals surface area contributed by atoms with Gasteiger partial charge in [0.2, 0.25) is 5.91 Å². The standard InChI is InChI=1S/C34H36FN5O3S/c35-23-19-17-22(18-20-23)30(33(42)38-25-13-5-6-14-25)40(27-16-8-10-21-9-4-7-15-26(21)27)34(43)31-28(36)29(39-44-31)32(41)37-24-11-2-1-3-12-24/h4,7-10,15-20,24-25,30H,1-3,5-6,11-14,36H2,(H,37,41)(H,38,42)/t30-/m0/s1. The summed E-state index contributed by atoms with van der Waals surface area (Å²) in [5.74, 6) is -1.80. The topological polar surface area (TPSA) is 117 Å². The normalized spacial score (nSPS) is 16.5. The van der Waals surface area contributed by atoms with Crippen molar-refractivity contribution in [2.45, 2.75) is 75.9 Å². The number of benzene rings is 3. The molecule has 3 amide bonds. The van der Waals surface area contributed by atoms with Crippen molar-refractivity contribution < 1.29 is 18.8 Å². The van der Waals surface area contributed by atoms with E-state index >= 15 is 0 Å². The molecule has 10 heteroatoms. The van der Waals surface area contributed by atoms with Gasteiger partial charge < -0.3 is 16.4 Å². The van der Waals surface area contributed by atoms with E-state index in [1.165, 1.54) is 29.2 Å². The van der Waals surface area contributed by atoms with Crippen LogP contribution in [0.15, 0.2) is 66.7 Å². The van der Waals surface area contributed by atoms with Crippen molar-refractivity contribution in [1.82, 2.24) is 15.0 Å². The van der Waals surface area contributed by atoms with E-state index in [0.717, 1.165) is 80.1 Å². The molecule has 0 saturated heterocycles. The second-order valence-electron chi connectivity index (χ2n) is 11.7. The van der Waals surface area contributed by atoms with Crippen molar-refractivity contribution in [3.05, 3.63) is 88.7 Å². The van der Waals surface area contributed by atoms with Crippen LogP contribution >= 0.6 is 11.5 Å².